The van der Waals surface area contributed by atoms with Crippen LogP contribution in [0.2, 0.25) is 10.0 Å². The largest absolute Gasteiger partial charge is 0.465 e. The van der Waals surface area contributed by atoms with Crippen molar-refractivity contribution in [1.29, 1.82) is 0 Å². The van der Waals surface area contributed by atoms with Gasteiger partial charge < -0.3 is 9.47 Å². The summed E-state index contributed by atoms with van der Waals surface area (Å²) >= 11 is 12.1. The molecule has 0 spiro atoms. The molecule has 0 amide bonds. The van der Waals surface area contributed by atoms with Crippen LogP contribution >= 0.6 is 23.2 Å². The minimum Gasteiger partial charge on any atom is -0.465 e. The first-order valence-corrected chi connectivity index (χ1v) is 14.0. The van der Waals surface area contributed by atoms with E-state index in [1.165, 1.54) is 70.3 Å². The predicted molar refractivity (Wildman–Crippen MR) is 142 cm³/mol. The van der Waals surface area contributed by atoms with Gasteiger partial charge >= 0.3 is 11.9 Å². The first kappa shape index (κ1) is 30.8. The lowest BCUT2D eigenvalue weighted by molar-refractivity contribution is -0.168. The summed E-state index contributed by atoms with van der Waals surface area (Å²) < 4.78 is 11.0. The van der Waals surface area contributed by atoms with Crippen molar-refractivity contribution in [3.05, 3.63) is 28.2 Å². The summed E-state index contributed by atoms with van der Waals surface area (Å²) in [6.07, 6.45) is 16.9. The number of carbonyl (C=O) groups is 2. The molecule has 1 aromatic rings. The molecular formula is C28H44Cl2O4. The van der Waals surface area contributed by atoms with E-state index in [-0.39, 0.29) is 23.6 Å². The maximum absolute atomic E-state index is 12.9. The van der Waals surface area contributed by atoms with Crippen LogP contribution in [-0.2, 0) is 14.3 Å². The fraction of sp³-hybridized carbons (Fsp3) is 0.714. The van der Waals surface area contributed by atoms with Crippen LogP contribution in [0, 0.1) is 5.41 Å². The molecule has 4 nitrogen and oxygen atoms in total. The maximum Gasteiger partial charge on any atom is 0.328 e. The zero-order valence-electron chi connectivity index (χ0n) is 21.4. The average Bonchev–Trinajstić information content (AvgIpc) is 2.82. The van der Waals surface area contributed by atoms with Crippen LogP contribution < -0.4 is 4.74 Å². The van der Waals surface area contributed by atoms with Gasteiger partial charge in [0.2, 0.25) is 0 Å². The van der Waals surface area contributed by atoms with E-state index < -0.39 is 17.4 Å². The highest BCUT2D eigenvalue weighted by molar-refractivity contribution is 6.34. The van der Waals surface area contributed by atoms with Gasteiger partial charge in [-0.15, -0.1) is 0 Å². The van der Waals surface area contributed by atoms with E-state index in [1.807, 2.05) is 0 Å². The molecule has 0 saturated heterocycles. The molecule has 0 fully saturated rings. The predicted octanol–water partition coefficient (Wildman–Crippen LogP) is 9.34. The van der Waals surface area contributed by atoms with E-state index in [4.69, 9.17) is 32.7 Å². The second-order valence-corrected chi connectivity index (χ2v) is 9.98. The van der Waals surface area contributed by atoms with E-state index in [2.05, 4.69) is 6.92 Å². The third kappa shape index (κ3) is 11.0. The highest BCUT2D eigenvalue weighted by Gasteiger charge is 2.46. The van der Waals surface area contributed by atoms with E-state index in [9.17, 15) is 9.59 Å². The van der Waals surface area contributed by atoms with Crippen molar-refractivity contribution >= 4 is 35.1 Å². The van der Waals surface area contributed by atoms with E-state index >= 15 is 0 Å². The Morgan fingerprint density at radius 1 is 0.735 bits per heavy atom. The molecule has 0 aromatic heterocycles. The van der Waals surface area contributed by atoms with Crippen molar-refractivity contribution in [3.63, 3.8) is 0 Å². The number of esters is 2. The lowest BCUT2D eigenvalue weighted by atomic mass is 9.82. The minimum atomic E-state index is -1.35. The Morgan fingerprint density at radius 2 is 1.24 bits per heavy atom. The van der Waals surface area contributed by atoms with Crippen molar-refractivity contribution in [3.8, 4) is 5.75 Å². The summed E-state index contributed by atoms with van der Waals surface area (Å²) in [5.74, 6) is -1.04. The van der Waals surface area contributed by atoms with Gasteiger partial charge in [-0.05, 0) is 31.4 Å². The van der Waals surface area contributed by atoms with Crippen LogP contribution in [0.25, 0.3) is 0 Å². The summed E-state index contributed by atoms with van der Waals surface area (Å²) in [6.45, 7) is 6.15. The summed E-state index contributed by atoms with van der Waals surface area (Å²) in [5, 5.41) is 0.662. The molecule has 0 aliphatic rings. The number of hydrogen-bond acceptors (Lipinski definition) is 4. The normalized spacial score (nSPS) is 11.4. The number of hydrogen-bond donors (Lipinski definition) is 0. The molecule has 1 rings (SSSR count). The minimum absolute atomic E-state index is 0.148. The van der Waals surface area contributed by atoms with Crippen molar-refractivity contribution < 1.29 is 19.1 Å². The van der Waals surface area contributed by atoms with Crippen LogP contribution in [0.5, 0.6) is 5.75 Å². The average molecular weight is 516 g/mol. The quantitative estimate of drug-likeness (QED) is 0.0797. The topological polar surface area (TPSA) is 52.6 Å². The van der Waals surface area contributed by atoms with Gasteiger partial charge in [-0.3, -0.25) is 9.59 Å². The fourth-order valence-corrected chi connectivity index (χ4v) is 4.40. The number of rotatable bonds is 19. The summed E-state index contributed by atoms with van der Waals surface area (Å²) in [5.41, 5.74) is -1.35. The van der Waals surface area contributed by atoms with Crippen LogP contribution in [0.3, 0.4) is 0 Å². The van der Waals surface area contributed by atoms with Crippen LogP contribution in [0.4, 0.5) is 0 Å². The molecule has 194 valence electrons. The Morgan fingerprint density at radius 3 is 1.74 bits per heavy atom. The van der Waals surface area contributed by atoms with Crippen molar-refractivity contribution in [2.45, 2.75) is 117 Å². The highest BCUT2D eigenvalue weighted by atomic mass is 35.5. The molecule has 0 aliphatic heterocycles. The third-order valence-corrected chi connectivity index (χ3v) is 7.11. The van der Waals surface area contributed by atoms with Gasteiger partial charge in [0.25, 0.3) is 0 Å². The lowest BCUT2D eigenvalue weighted by Crippen LogP contribution is -2.42. The van der Waals surface area contributed by atoms with E-state index in [0.717, 1.165) is 19.3 Å². The van der Waals surface area contributed by atoms with Crippen molar-refractivity contribution in [2.75, 3.05) is 6.61 Å². The molecule has 0 radical (unpaired) electrons. The van der Waals surface area contributed by atoms with Gasteiger partial charge in [-0.2, -0.15) is 0 Å². The standard InChI is InChI=1S/C28H44Cl2O4/c1-4-7-8-9-10-11-12-13-14-15-16-17-18-21-33-26(31)28(5-2,6-3)27(32)34-25-22-23(29)19-20-24(25)30/h19-20,22H,4-18,21H2,1-3H3. The summed E-state index contributed by atoms with van der Waals surface area (Å²) in [6, 6.07) is 4.63. The van der Waals surface area contributed by atoms with Crippen LogP contribution in [0.1, 0.15) is 117 Å². The summed E-state index contributed by atoms with van der Waals surface area (Å²) in [7, 11) is 0. The summed E-state index contributed by atoms with van der Waals surface area (Å²) in [4.78, 5) is 25.8. The molecule has 0 bridgehead atoms. The molecule has 34 heavy (non-hydrogen) atoms. The molecule has 0 unspecified atom stereocenters. The van der Waals surface area contributed by atoms with Gasteiger partial charge in [0, 0.05) is 11.1 Å². The number of halogens is 2. The molecule has 0 N–H and O–H groups in total. The third-order valence-electron chi connectivity index (χ3n) is 6.57. The van der Waals surface area contributed by atoms with Crippen molar-refractivity contribution in [1.82, 2.24) is 0 Å². The SMILES string of the molecule is CCCCCCCCCCCCCCCOC(=O)C(CC)(CC)C(=O)Oc1cc(Cl)ccc1Cl. The molecule has 0 saturated carbocycles. The van der Waals surface area contributed by atoms with Gasteiger partial charge in [0.1, 0.15) is 0 Å². The number of benzene rings is 1. The zero-order chi connectivity index (χ0) is 25.2. The Labute approximate surface area is 217 Å². The fourth-order valence-electron chi connectivity index (χ4n) is 4.09. The molecule has 0 aliphatic carbocycles. The highest BCUT2D eigenvalue weighted by Crippen LogP contribution is 2.34. The first-order chi connectivity index (χ1) is 16.4. The Balaban J connectivity index is 2.28. The van der Waals surface area contributed by atoms with Crippen molar-refractivity contribution in [2.24, 2.45) is 5.41 Å². The number of unbranched alkanes of at least 4 members (excludes halogenated alkanes) is 12. The molecule has 0 atom stereocenters. The molecule has 0 heterocycles. The van der Waals surface area contributed by atoms with Gasteiger partial charge in [-0.1, -0.05) is 121 Å². The zero-order valence-corrected chi connectivity index (χ0v) is 22.9. The van der Waals surface area contributed by atoms with E-state index in [0.29, 0.717) is 11.6 Å². The van der Waals surface area contributed by atoms with Crippen LogP contribution in [-0.4, -0.2) is 18.5 Å². The lowest BCUT2D eigenvalue weighted by Gasteiger charge is -2.27. The molecule has 6 heteroatoms. The Hall–Kier alpha value is -1.26. The monoisotopic (exact) mass is 514 g/mol. The maximum atomic E-state index is 12.9. The van der Waals surface area contributed by atoms with Gasteiger partial charge in [0.05, 0.1) is 11.6 Å². The second-order valence-electron chi connectivity index (χ2n) is 9.13. The number of ether oxygens (including phenoxy) is 2. The van der Waals surface area contributed by atoms with Crippen LogP contribution in [0.15, 0.2) is 18.2 Å². The van der Waals surface area contributed by atoms with Gasteiger partial charge in [0.15, 0.2) is 11.2 Å². The second kappa shape index (κ2) is 18.1. The first-order valence-electron chi connectivity index (χ1n) is 13.3. The molecular weight excluding hydrogens is 471 g/mol. The van der Waals surface area contributed by atoms with Gasteiger partial charge in [-0.25, -0.2) is 0 Å². The Bertz CT molecular complexity index is 716. The molecule has 1 aromatic carbocycles. The van der Waals surface area contributed by atoms with E-state index in [1.54, 1.807) is 26.0 Å². The smallest absolute Gasteiger partial charge is 0.328 e. The number of carbonyl (C=O) groups excluding carboxylic acids is 2. The Kier molecular flexibility index (Phi) is 16.4.